The summed E-state index contributed by atoms with van der Waals surface area (Å²) in [6, 6.07) is 0. The molecule has 6 heteroatoms. The first-order chi connectivity index (χ1) is 10.8. The molecule has 2 bridgehead atoms. The number of aliphatic hydroxyl groups is 2. The Kier molecular flexibility index (Phi) is 3.09. The standard InChI is InChI=1S/C17H24O6/c1-9-4-5-16(7-21-10(2)18)11(6-9)23-14-12(19)13(20)15(16,3)17(14)8-22-17/h6,11-14,19-20H,4-5,7-8H2,1-3H3/t11-,12-,13-,14-,15-,16-,17-/m1/s1. The highest BCUT2D eigenvalue weighted by Crippen LogP contribution is 2.71. The van der Waals surface area contributed by atoms with Crippen LogP contribution in [0.15, 0.2) is 11.6 Å². The average molecular weight is 324 g/mol. The van der Waals surface area contributed by atoms with Gasteiger partial charge in [0.05, 0.1) is 18.8 Å². The highest BCUT2D eigenvalue weighted by molar-refractivity contribution is 5.66. The van der Waals surface area contributed by atoms with E-state index in [-0.39, 0.29) is 18.7 Å². The highest BCUT2D eigenvalue weighted by Gasteiger charge is 2.84. The Balaban J connectivity index is 1.85. The van der Waals surface area contributed by atoms with Crippen molar-refractivity contribution in [1.82, 2.24) is 0 Å². The fraction of sp³-hybridized carbons (Fsp3) is 0.824. The zero-order chi connectivity index (χ0) is 16.6. The molecular formula is C17H24O6. The van der Waals surface area contributed by atoms with Crippen molar-refractivity contribution in [3.8, 4) is 0 Å². The molecule has 128 valence electrons. The molecule has 2 aliphatic heterocycles. The Morgan fingerprint density at radius 3 is 2.78 bits per heavy atom. The van der Waals surface area contributed by atoms with Gasteiger partial charge in [0.25, 0.3) is 0 Å². The van der Waals surface area contributed by atoms with Crippen molar-refractivity contribution in [1.29, 1.82) is 0 Å². The second-order valence-corrected chi connectivity index (χ2v) is 7.74. The van der Waals surface area contributed by atoms with E-state index in [4.69, 9.17) is 14.2 Å². The van der Waals surface area contributed by atoms with Gasteiger partial charge in [-0.25, -0.2) is 0 Å². The van der Waals surface area contributed by atoms with E-state index in [1.165, 1.54) is 12.5 Å². The fourth-order valence-electron chi connectivity index (χ4n) is 5.26. The molecule has 3 fully saturated rings. The van der Waals surface area contributed by atoms with Crippen LogP contribution in [0.3, 0.4) is 0 Å². The third kappa shape index (κ3) is 1.65. The summed E-state index contributed by atoms with van der Waals surface area (Å²) in [5.74, 6) is -0.353. The third-order valence-corrected chi connectivity index (χ3v) is 6.83. The molecule has 2 aliphatic carbocycles. The first-order valence-electron chi connectivity index (χ1n) is 8.25. The number of aliphatic hydroxyl groups excluding tert-OH is 2. The van der Waals surface area contributed by atoms with E-state index < -0.39 is 34.7 Å². The summed E-state index contributed by atoms with van der Waals surface area (Å²) in [4.78, 5) is 11.4. The molecule has 2 N–H and O–H groups in total. The summed E-state index contributed by atoms with van der Waals surface area (Å²) in [6.07, 6.45) is 0.829. The molecule has 4 aliphatic rings. The van der Waals surface area contributed by atoms with E-state index >= 15 is 0 Å². The lowest BCUT2D eigenvalue weighted by Crippen LogP contribution is -2.66. The Morgan fingerprint density at radius 2 is 2.17 bits per heavy atom. The van der Waals surface area contributed by atoms with Crippen molar-refractivity contribution in [3.05, 3.63) is 11.6 Å². The minimum atomic E-state index is -0.990. The summed E-state index contributed by atoms with van der Waals surface area (Å²) >= 11 is 0. The van der Waals surface area contributed by atoms with Crippen molar-refractivity contribution < 1.29 is 29.2 Å². The molecule has 0 unspecified atom stereocenters. The molecule has 0 aromatic carbocycles. The molecular weight excluding hydrogens is 300 g/mol. The van der Waals surface area contributed by atoms with Gasteiger partial charge in [0.1, 0.15) is 24.4 Å². The van der Waals surface area contributed by atoms with Crippen molar-refractivity contribution in [2.45, 2.75) is 63.6 Å². The van der Waals surface area contributed by atoms with E-state index in [9.17, 15) is 15.0 Å². The number of allylic oxidation sites excluding steroid dienone is 1. The summed E-state index contributed by atoms with van der Waals surface area (Å²) < 4.78 is 17.4. The molecule has 1 spiro atoms. The van der Waals surface area contributed by atoms with Crippen LogP contribution >= 0.6 is 0 Å². The van der Waals surface area contributed by atoms with Gasteiger partial charge in [-0.3, -0.25) is 4.79 Å². The Morgan fingerprint density at radius 1 is 1.48 bits per heavy atom. The lowest BCUT2D eigenvalue weighted by Gasteiger charge is -2.57. The maximum absolute atomic E-state index is 11.4. The van der Waals surface area contributed by atoms with Crippen LogP contribution in [0.2, 0.25) is 0 Å². The van der Waals surface area contributed by atoms with Crippen LogP contribution in [-0.4, -0.2) is 59.4 Å². The first-order valence-corrected chi connectivity index (χ1v) is 8.25. The number of carbonyl (C=O) groups excluding carboxylic acids is 1. The second-order valence-electron chi connectivity index (χ2n) is 7.74. The van der Waals surface area contributed by atoms with Crippen LogP contribution in [0.25, 0.3) is 0 Å². The van der Waals surface area contributed by atoms with Crippen LogP contribution in [-0.2, 0) is 19.0 Å². The summed E-state index contributed by atoms with van der Waals surface area (Å²) in [6.45, 7) is 6.01. The van der Waals surface area contributed by atoms with Crippen molar-refractivity contribution in [2.24, 2.45) is 10.8 Å². The Bertz CT molecular complexity index is 582. The quantitative estimate of drug-likeness (QED) is 0.438. The molecule has 0 amide bonds. The molecule has 4 rings (SSSR count). The lowest BCUT2D eigenvalue weighted by molar-refractivity contribution is -0.230. The molecule has 1 saturated carbocycles. The molecule has 2 saturated heterocycles. The molecule has 2 heterocycles. The molecule has 23 heavy (non-hydrogen) atoms. The number of epoxide rings is 1. The van der Waals surface area contributed by atoms with E-state index in [1.54, 1.807) is 0 Å². The van der Waals surface area contributed by atoms with Crippen molar-refractivity contribution in [2.75, 3.05) is 13.2 Å². The molecule has 0 aromatic heterocycles. The zero-order valence-corrected chi connectivity index (χ0v) is 13.7. The third-order valence-electron chi connectivity index (χ3n) is 6.83. The maximum Gasteiger partial charge on any atom is 0.302 e. The van der Waals surface area contributed by atoms with Gasteiger partial charge in [-0.05, 0) is 19.8 Å². The number of esters is 1. The van der Waals surface area contributed by atoms with E-state index in [0.717, 1.165) is 12.8 Å². The number of rotatable bonds is 2. The van der Waals surface area contributed by atoms with Crippen molar-refractivity contribution >= 4 is 5.97 Å². The van der Waals surface area contributed by atoms with Gasteiger partial charge in [0, 0.05) is 17.8 Å². The van der Waals surface area contributed by atoms with Crippen LogP contribution in [0.1, 0.15) is 33.6 Å². The summed E-state index contributed by atoms with van der Waals surface area (Å²) in [5.41, 5.74) is -0.781. The number of fused-ring (bicyclic) bond motifs is 2. The van der Waals surface area contributed by atoms with Crippen LogP contribution in [0.5, 0.6) is 0 Å². The fourth-order valence-corrected chi connectivity index (χ4v) is 5.26. The summed E-state index contributed by atoms with van der Waals surface area (Å²) in [7, 11) is 0. The van der Waals surface area contributed by atoms with Crippen LogP contribution in [0.4, 0.5) is 0 Å². The van der Waals surface area contributed by atoms with Gasteiger partial charge in [-0.2, -0.15) is 0 Å². The molecule has 0 radical (unpaired) electrons. The predicted molar refractivity (Wildman–Crippen MR) is 79.5 cm³/mol. The van der Waals surface area contributed by atoms with E-state index in [0.29, 0.717) is 6.61 Å². The van der Waals surface area contributed by atoms with Gasteiger partial charge in [-0.1, -0.05) is 18.6 Å². The molecule has 6 nitrogen and oxygen atoms in total. The number of hydrogen-bond acceptors (Lipinski definition) is 6. The number of ether oxygens (including phenoxy) is 3. The van der Waals surface area contributed by atoms with Gasteiger partial charge < -0.3 is 24.4 Å². The zero-order valence-electron chi connectivity index (χ0n) is 13.7. The van der Waals surface area contributed by atoms with E-state index in [1.807, 2.05) is 13.8 Å². The summed E-state index contributed by atoms with van der Waals surface area (Å²) in [5, 5.41) is 21.4. The van der Waals surface area contributed by atoms with Crippen LogP contribution < -0.4 is 0 Å². The Hall–Kier alpha value is -0.950. The maximum atomic E-state index is 11.4. The monoisotopic (exact) mass is 324 g/mol. The second kappa shape index (κ2) is 4.57. The lowest BCUT2D eigenvalue weighted by atomic mass is 9.51. The van der Waals surface area contributed by atoms with Gasteiger partial charge >= 0.3 is 5.97 Å². The minimum absolute atomic E-state index is 0.162. The highest BCUT2D eigenvalue weighted by atomic mass is 16.6. The number of carbonyl (C=O) groups is 1. The van der Waals surface area contributed by atoms with E-state index in [2.05, 4.69) is 6.08 Å². The van der Waals surface area contributed by atoms with Gasteiger partial charge in [0.2, 0.25) is 0 Å². The SMILES string of the molecule is CC(=O)OC[C@]12CCC(C)=C[C@H]1O[C@@H]1[C@H](O)[C@@H](O)[C@@]2(C)[C@@]12CO2. The first kappa shape index (κ1) is 15.6. The van der Waals surface area contributed by atoms with Gasteiger partial charge in [-0.15, -0.1) is 0 Å². The minimum Gasteiger partial charge on any atom is -0.465 e. The van der Waals surface area contributed by atoms with Crippen molar-refractivity contribution in [3.63, 3.8) is 0 Å². The smallest absolute Gasteiger partial charge is 0.302 e. The van der Waals surface area contributed by atoms with Gasteiger partial charge in [0.15, 0.2) is 0 Å². The topological polar surface area (TPSA) is 88.5 Å². The Labute approximate surface area is 135 Å². The van der Waals surface area contributed by atoms with Crippen LogP contribution in [0, 0.1) is 10.8 Å². The molecule has 7 atom stereocenters. The molecule has 0 aromatic rings. The largest absolute Gasteiger partial charge is 0.465 e. The normalized spacial score (nSPS) is 53.7. The average Bonchev–Trinajstić information content (AvgIpc) is 3.28. The number of hydrogen-bond donors (Lipinski definition) is 2. The predicted octanol–water partition coefficient (Wildman–Crippen LogP) is 0.554.